The molecular weight excluding hydrogens is 321 g/mol. The second kappa shape index (κ2) is 5.56. The molecule has 1 aromatic carbocycles. The molecule has 1 unspecified atom stereocenters. The number of carboxylic acids is 1. The highest BCUT2D eigenvalue weighted by Crippen LogP contribution is 2.36. The van der Waals surface area contributed by atoms with E-state index < -0.39 is 11.8 Å². The number of hydrogen-bond acceptors (Lipinski definition) is 3. The van der Waals surface area contributed by atoms with Crippen LogP contribution in [0.3, 0.4) is 0 Å². The molecule has 5 nitrogen and oxygen atoms in total. The average molecular weight is 332 g/mol. The molecule has 1 aliphatic heterocycles. The smallest absolute Gasteiger partial charge is 0.303 e. The minimum atomic E-state index is -1.02. The maximum atomic E-state index is 13.3. The number of fused-ring (bicyclic) bond motifs is 1. The standard InChI is InChI=1S/C12H11BrFNO4/c13-7-3-6-9(5-19-10(6)4-8(7)14)15-11(16)1-2-12(17)18/h3-4,9H,1-2,5H2,(H,15,16)(H,17,18). The van der Waals surface area contributed by atoms with Crippen LogP contribution in [0.1, 0.15) is 24.4 Å². The molecule has 1 heterocycles. The summed E-state index contributed by atoms with van der Waals surface area (Å²) in [5.74, 6) is -1.44. The SMILES string of the molecule is O=C(O)CCC(=O)NC1COc2cc(F)c(Br)cc21. The number of benzene rings is 1. The summed E-state index contributed by atoms with van der Waals surface area (Å²) in [6, 6.07) is 2.43. The summed E-state index contributed by atoms with van der Waals surface area (Å²) in [6.45, 7) is 0.212. The first-order valence-corrected chi connectivity index (χ1v) is 6.39. The molecule has 0 aliphatic carbocycles. The van der Waals surface area contributed by atoms with Gasteiger partial charge in [-0.2, -0.15) is 0 Å². The van der Waals surface area contributed by atoms with Crippen molar-refractivity contribution in [2.75, 3.05) is 6.61 Å². The van der Waals surface area contributed by atoms with Gasteiger partial charge in [0, 0.05) is 18.1 Å². The van der Waals surface area contributed by atoms with E-state index in [1.54, 1.807) is 6.07 Å². The number of aliphatic carboxylic acids is 1. The first kappa shape index (κ1) is 13.8. The Morgan fingerprint density at radius 1 is 1.47 bits per heavy atom. The third kappa shape index (κ3) is 3.23. The lowest BCUT2D eigenvalue weighted by atomic mass is 10.1. The number of ether oxygens (including phenoxy) is 1. The van der Waals surface area contributed by atoms with Crippen LogP contribution in [0.5, 0.6) is 5.75 Å². The molecule has 2 rings (SSSR count). The molecule has 1 aromatic rings. The highest BCUT2D eigenvalue weighted by molar-refractivity contribution is 9.10. The summed E-state index contributed by atoms with van der Waals surface area (Å²) in [5.41, 5.74) is 0.678. The van der Waals surface area contributed by atoms with Gasteiger partial charge in [0.25, 0.3) is 0 Å². The van der Waals surface area contributed by atoms with E-state index in [0.29, 0.717) is 15.8 Å². The topological polar surface area (TPSA) is 75.6 Å². The van der Waals surface area contributed by atoms with E-state index in [-0.39, 0.29) is 31.4 Å². The number of nitrogens with one attached hydrogen (secondary N) is 1. The number of carbonyl (C=O) groups excluding carboxylic acids is 1. The van der Waals surface area contributed by atoms with E-state index in [4.69, 9.17) is 9.84 Å². The Balaban J connectivity index is 2.04. The molecule has 1 aliphatic rings. The second-order valence-corrected chi connectivity index (χ2v) is 4.98. The van der Waals surface area contributed by atoms with Gasteiger partial charge in [0.15, 0.2) is 0 Å². The normalized spacial score (nSPS) is 16.6. The molecule has 1 amide bonds. The van der Waals surface area contributed by atoms with Gasteiger partial charge in [-0.15, -0.1) is 0 Å². The molecule has 2 N–H and O–H groups in total. The minimum absolute atomic E-state index is 0.0937. The molecule has 102 valence electrons. The lowest BCUT2D eigenvalue weighted by Gasteiger charge is -2.11. The third-order valence-corrected chi connectivity index (χ3v) is 3.34. The lowest BCUT2D eigenvalue weighted by molar-refractivity contribution is -0.138. The zero-order valence-electron chi connectivity index (χ0n) is 9.78. The molecule has 0 radical (unpaired) electrons. The fourth-order valence-electron chi connectivity index (χ4n) is 1.81. The van der Waals surface area contributed by atoms with Crippen molar-refractivity contribution < 1.29 is 23.8 Å². The quantitative estimate of drug-likeness (QED) is 0.884. The Kier molecular flexibility index (Phi) is 4.04. The highest BCUT2D eigenvalue weighted by Gasteiger charge is 2.27. The zero-order valence-corrected chi connectivity index (χ0v) is 11.4. The van der Waals surface area contributed by atoms with E-state index in [1.807, 2.05) is 0 Å². The van der Waals surface area contributed by atoms with Gasteiger partial charge in [0.1, 0.15) is 18.2 Å². The molecule has 0 fully saturated rings. The van der Waals surface area contributed by atoms with Crippen LogP contribution in [0.2, 0.25) is 0 Å². The van der Waals surface area contributed by atoms with Gasteiger partial charge in [-0.1, -0.05) is 0 Å². The monoisotopic (exact) mass is 331 g/mol. The van der Waals surface area contributed by atoms with Gasteiger partial charge >= 0.3 is 5.97 Å². The number of hydrogen-bond donors (Lipinski definition) is 2. The van der Waals surface area contributed by atoms with Crippen LogP contribution in [0.25, 0.3) is 0 Å². The Hall–Kier alpha value is -1.63. The van der Waals surface area contributed by atoms with Crippen LogP contribution in [0.4, 0.5) is 4.39 Å². The van der Waals surface area contributed by atoms with Crippen molar-refractivity contribution in [1.82, 2.24) is 5.32 Å². The highest BCUT2D eigenvalue weighted by atomic mass is 79.9. The van der Waals surface area contributed by atoms with E-state index in [2.05, 4.69) is 21.2 Å². The van der Waals surface area contributed by atoms with Crippen LogP contribution >= 0.6 is 15.9 Å². The van der Waals surface area contributed by atoms with Crippen molar-refractivity contribution in [1.29, 1.82) is 0 Å². The van der Waals surface area contributed by atoms with Crippen LogP contribution in [-0.2, 0) is 9.59 Å². The van der Waals surface area contributed by atoms with Gasteiger partial charge < -0.3 is 15.2 Å². The summed E-state index contributed by atoms with van der Waals surface area (Å²) >= 11 is 3.07. The summed E-state index contributed by atoms with van der Waals surface area (Å²) in [4.78, 5) is 21.9. The summed E-state index contributed by atoms with van der Waals surface area (Å²) < 4.78 is 18.9. The molecule has 19 heavy (non-hydrogen) atoms. The molecule has 0 spiro atoms. The number of halogens is 2. The van der Waals surface area contributed by atoms with Gasteiger partial charge in [0.05, 0.1) is 16.9 Å². The maximum absolute atomic E-state index is 13.3. The zero-order chi connectivity index (χ0) is 14.0. The van der Waals surface area contributed by atoms with Crippen LogP contribution in [0, 0.1) is 5.82 Å². The number of amides is 1. The lowest BCUT2D eigenvalue weighted by Crippen LogP contribution is -2.29. The fraction of sp³-hybridized carbons (Fsp3) is 0.333. The number of carboxylic acid groups (broad SMARTS) is 1. The maximum Gasteiger partial charge on any atom is 0.303 e. The molecule has 0 saturated heterocycles. The van der Waals surface area contributed by atoms with Crippen LogP contribution < -0.4 is 10.1 Å². The van der Waals surface area contributed by atoms with E-state index in [9.17, 15) is 14.0 Å². The molecule has 0 bridgehead atoms. The molecular formula is C12H11BrFNO4. The Morgan fingerprint density at radius 2 is 2.21 bits per heavy atom. The van der Waals surface area contributed by atoms with Crippen molar-refractivity contribution in [3.05, 3.63) is 28.0 Å². The van der Waals surface area contributed by atoms with E-state index >= 15 is 0 Å². The molecule has 1 atom stereocenters. The Morgan fingerprint density at radius 3 is 2.89 bits per heavy atom. The third-order valence-electron chi connectivity index (χ3n) is 2.73. The Labute approximate surface area is 116 Å². The summed E-state index contributed by atoms with van der Waals surface area (Å²) in [6.07, 6.45) is -0.317. The molecule has 7 heteroatoms. The first-order chi connectivity index (χ1) is 8.97. The Bertz CT molecular complexity index is 535. The number of rotatable bonds is 4. The average Bonchev–Trinajstić information content (AvgIpc) is 2.70. The summed E-state index contributed by atoms with van der Waals surface area (Å²) in [5, 5.41) is 11.2. The van der Waals surface area contributed by atoms with Crippen molar-refractivity contribution in [2.24, 2.45) is 0 Å². The van der Waals surface area contributed by atoms with Gasteiger partial charge in [-0.3, -0.25) is 9.59 Å². The van der Waals surface area contributed by atoms with Crippen molar-refractivity contribution >= 4 is 27.8 Å². The van der Waals surface area contributed by atoms with Gasteiger partial charge in [0.2, 0.25) is 5.91 Å². The van der Waals surface area contributed by atoms with Crippen molar-refractivity contribution in [3.63, 3.8) is 0 Å². The van der Waals surface area contributed by atoms with Gasteiger partial charge in [-0.25, -0.2) is 4.39 Å². The molecule has 0 saturated carbocycles. The van der Waals surface area contributed by atoms with Crippen molar-refractivity contribution in [3.8, 4) is 5.75 Å². The summed E-state index contributed by atoms with van der Waals surface area (Å²) in [7, 11) is 0. The van der Waals surface area contributed by atoms with E-state index in [0.717, 1.165) is 0 Å². The van der Waals surface area contributed by atoms with Gasteiger partial charge in [-0.05, 0) is 22.0 Å². The van der Waals surface area contributed by atoms with Crippen LogP contribution in [0.15, 0.2) is 16.6 Å². The van der Waals surface area contributed by atoms with Crippen LogP contribution in [-0.4, -0.2) is 23.6 Å². The van der Waals surface area contributed by atoms with E-state index in [1.165, 1.54) is 6.07 Å². The first-order valence-electron chi connectivity index (χ1n) is 5.60. The predicted octanol–water partition coefficient (Wildman–Crippen LogP) is 2.00. The number of carbonyl (C=O) groups is 2. The largest absolute Gasteiger partial charge is 0.491 e. The predicted molar refractivity (Wildman–Crippen MR) is 67.3 cm³/mol. The minimum Gasteiger partial charge on any atom is -0.491 e. The molecule has 0 aromatic heterocycles. The van der Waals surface area contributed by atoms with Crippen molar-refractivity contribution in [2.45, 2.75) is 18.9 Å². The second-order valence-electron chi connectivity index (χ2n) is 4.13. The fourth-order valence-corrected chi connectivity index (χ4v) is 2.17.